The Bertz CT molecular complexity index is 384. The molecule has 1 aliphatic heterocycles. The summed E-state index contributed by atoms with van der Waals surface area (Å²) in [4.78, 5) is 0. The molecule has 2 rings (SSSR count). The molecule has 82 valence electrons. The summed E-state index contributed by atoms with van der Waals surface area (Å²) >= 11 is 5.87. The quantitative estimate of drug-likeness (QED) is 0.777. The summed E-state index contributed by atoms with van der Waals surface area (Å²) in [6.45, 7) is 5.64. The van der Waals surface area contributed by atoms with Gasteiger partial charge in [0.1, 0.15) is 5.82 Å². The molecule has 1 N–H and O–H groups in total. The molecule has 15 heavy (non-hydrogen) atoms. The largest absolute Gasteiger partial charge is 0.316 e. The van der Waals surface area contributed by atoms with Crippen molar-refractivity contribution >= 4 is 11.6 Å². The minimum atomic E-state index is -0.251. The van der Waals surface area contributed by atoms with E-state index in [1.54, 1.807) is 0 Å². The summed E-state index contributed by atoms with van der Waals surface area (Å²) in [5, 5.41) is 3.56. The zero-order valence-electron chi connectivity index (χ0n) is 9.03. The van der Waals surface area contributed by atoms with Crippen LogP contribution in [0.3, 0.4) is 0 Å². The van der Waals surface area contributed by atoms with Gasteiger partial charge in [-0.15, -0.1) is 0 Å². The fraction of sp³-hybridized carbons (Fsp3) is 0.500. The zero-order valence-corrected chi connectivity index (χ0v) is 9.79. The smallest absolute Gasteiger partial charge is 0.145 e. The van der Waals surface area contributed by atoms with Gasteiger partial charge in [0.05, 0.1) is 5.02 Å². The maximum atomic E-state index is 13.8. The van der Waals surface area contributed by atoms with Crippen molar-refractivity contribution in [1.82, 2.24) is 5.32 Å². The van der Waals surface area contributed by atoms with Crippen LogP contribution in [0.25, 0.3) is 0 Å². The number of rotatable bonds is 1. The second-order valence-corrected chi connectivity index (χ2v) is 4.60. The monoisotopic (exact) mass is 227 g/mol. The van der Waals surface area contributed by atoms with Gasteiger partial charge in [-0.05, 0) is 49.4 Å². The highest BCUT2D eigenvalue weighted by Gasteiger charge is 2.21. The molecule has 0 aliphatic carbocycles. The van der Waals surface area contributed by atoms with E-state index in [4.69, 9.17) is 11.6 Å². The lowest BCUT2D eigenvalue weighted by Gasteiger charge is -2.15. The third-order valence-electron chi connectivity index (χ3n) is 3.17. The summed E-state index contributed by atoms with van der Waals surface area (Å²) in [5.74, 6) is 0.189. The fourth-order valence-corrected chi connectivity index (χ4v) is 2.41. The molecule has 1 aromatic carbocycles. The molecule has 0 spiro atoms. The van der Waals surface area contributed by atoms with Gasteiger partial charge in [-0.2, -0.15) is 0 Å². The van der Waals surface area contributed by atoms with Crippen LogP contribution in [0.15, 0.2) is 6.07 Å². The predicted octanol–water partition coefficient (Wildman–Crippen LogP) is 3.17. The molecule has 1 atom stereocenters. The van der Waals surface area contributed by atoms with Crippen LogP contribution >= 0.6 is 11.6 Å². The van der Waals surface area contributed by atoms with Crippen molar-refractivity contribution in [2.24, 2.45) is 0 Å². The summed E-state index contributed by atoms with van der Waals surface area (Å²) in [6.07, 6.45) is 1.08. The Hall–Kier alpha value is -0.600. The first kappa shape index (κ1) is 10.9. The lowest BCUT2D eigenvalue weighted by molar-refractivity contribution is 0.609. The Kier molecular flexibility index (Phi) is 2.98. The maximum absolute atomic E-state index is 13.8. The van der Waals surface area contributed by atoms with Crippen LogP contribution in [0.2, 0.25) is 5.02 Å². The summed E-state index contributed by atoms with van der Waals surface area (Å²) in [7, 11) is 0. The van der Waals surface area contributed by atoms with Crippen LogP contribution in [0.1, 0.15) is 29.0 Å². The number of hydrogen-bond donors (Lipinski definition) is 1. The van der Waals surface area contributed by atoms with Gasteiger partial charge < -0.3 is 5.32 Å². The second kappa shape index (κ2) is 4.11. The van der Waals surface area contributed by atoms with E-state index in [0.29, 0.717) is 11.5 Å². The highest BCUT2D eigenvalue weighted by atomic mass is 35.5. The summed E-state index contributed by atoms with van der Waals surface area (Å²) < 4.78 is 13.8. The normalized spacial score (nSPS) is 20.9. The van der Waals surface area contributed by atoms with Gasteiger partial charge in [-0.3, -0.25) is 0 Å². The van der Waals surface area contributed by atoms with Gasteiger partial charge in [-0.1, -0.05) is 17.7 Å². The molecule has 1 nitrogen and oxygen atoms in total. The Labute approximate surface area is 94.6 Å². The standard InChI is InChI=1S/C12H15ClFN/c1-7-5-10(9-3-4-15-6-9)8(2)12(14)11(7)13/h5,9,15H,3-4,6H2,1-2H3. The van der Waals surface area contributed by atoms with Gasteiger partial charge in [0, 0.05) is 6.54 Å². The van der Waals surface area contributed by atoms with Gasteiger partial charge >= 0.3 is 0 Å². The number of benzene rings is 1. The van der Waals surface area contributed by atoms with E-state index in [1.807, 2.05) is 19.9 Å². The third-order valence-corrected chi connectivity index (χ3v) is 3.64. The lowest BCUT2D eigenvalue weighted by Crippen LogP contribution is -2.09. The molecule has 3 heteroatoms. The van der Waals surface area contributed by atoms with Gasteiger partial charge in [0.25, 0.3) is 0 Å². The van der Waals surface area contributed by atoms with Crippen molar-refractivity contribution in [1.29, 1.82) is 0 Å². The van der Waals surface area contributed by atoms with Crippen LogP contribution in [0.4, 0.5) is 4.39 Å². The minimum Gasteiger partial charge on any atom is -0.316 e. The van der Waals surface area contributed by atoms with Crippen molar-refractivity contribution in [2.45, 2.75) is 26.2 Å². The fourth-order valence-electron chi connectivity index (χ4n) is 2.21. The van der Waals surface area contributed by atoms with E-state index < -0.39 is 0 Å². The van der Waals surface area contributed by atoms with E-state index in [9.17, 15) is 4.39 Å². The first-order chi connectivity index (χ1) is 7.11. The van der Waals surface area contributed by atoms with Gasteiger partial charge in [-0.25, -0.2) is 4.39 Å². The van der Waals surface area contributed by atoms with Crippen molar-refractivity contribution < 1.29 is 4.39 Å². The van der Waals surface area contributed by atoms with E-state index in [0.717, 1.165) is 30.6 Å². The lowest BCUT2D eigenvalue weighted by atomic mass is 9.92. The summed E-state index contributed by atoms with van der Waals surface area (Å²) in [5.41, 5.74) is 2.65. The van der Waals surface area contributed by atoms with E-state index in [-0.39, 0.29) is 10.8 Å². The SMILES string of the molecule is Cc1cc(C2CCNC2)c(C)c(F)c1Cl. The molecular formula is C12H15ClFN. The Morgan fingerprint density at radius 2 is 2.20 bits per heavy atom. The molecule has 1 aromatic rings. The van der Waals surface area contributed by atoms with Gasteiger partial charge in [0.15, 0.2) is 0 Å². The zero-order chi connectivity index (χ0) is 11.0. The van der Waals surface area contributed by atoms with Crippen molar-refractivity contribution in [3.63, 3.8) is 0 Å². The van der Waals surface area contributed by atoms with Crippen LogP contribution < -0.4 is 5.32 Å². The van der Waals surface area contributed by atoms with Crippen LogP contribution in [-0.2, 0) is 0 Å². The molecule has 1 unspecified atom stereocenters. The van der Waals surface area contributed by atoms with Crippen LogP contribution in [-0.4, -0.2) is 13.1 Å². The minimum absolute atomic E-state index is 0.251. The Morgan fingerprint density at radius 3 is 2.80 bits per heavy atom. The van der Waals surface area contributed by atoms with Crippen LogP contribution in [0.5, 0.6) is 0 Å². The molecule has 1 heterocycles. The molecule has 0 saturated carbocycles. The topological polar surface area (TPSA) is 12.0 Å². The molecule has 0 aromatic heterocycles. The second-order valence-electron chi connectivity index (χ2n) is 4.23. The summed E-state index contributed by atoms with van der Waals surface area (Å²) in [6, 6.07) is 2.03. The molecular weight excluding hydrogens is 213 g/mol. The number of aryl methyl sites for hydroxylation is 1. The first-order valence-corrected chi connectivity index (χ1v) is 5.65. The molecule has 0 amide bonds. The molecule has 0 radical (unpaired) electrons. The highest BCUT2D eigenvalue weighted by Crippen LogP contribution is 2.32. The van der Waals surface area contributed by atoms with Crippen molar-refractivity contribution in [2.75, 3.05) is 13.1 Å². The van der Waals surface area contributed by atoms with E-state index in [2.05, 4.69) is 5.32 Å². The van der Waals surface area contributed by atoms with Crippen molar-refractivity contribution in [3.05, 3.63) is 33.6 Å². The number of hydrogen-bond acceptors (Lipinski definition) is 1. The average molecular weight is 228 g/mol. The van der Waals surface area contributed by atoms with Crippen molar-refractivity contribution in [3.8, 4) is 0 Å². The van der Waals surface area contributed by atoms with E-state index >= 15 is 0 Å². The highest BCUT2D eigenvalue weighted by molar-refractivity contribution is 6.31. The van der Waals surface area contributed by atoms with Crippen LogP contribution in [0, 0.1) is 19.7 Å². The maximum Gasteiger partial charge on any atom is 0.145 e. The average Bonchev–Trinajstić information content (AvgIpc) is 2.73. The molecule has 1 aliphatic rings. The van der Waals surface area contributed by atoms with Gasteiger partial charge in [0.2, 0.25) is 0 Å². The predicted molar refractivity (Wildman–Crippen MR) is 61.1 cm³/mol. The molecule has 1 saturated heterocycles. The third kappa shape index (κ3) is 1.88. The van der Waals surface area contributed by atoms with E-state index in [1.165, 1.54) is 0 Å². The molecule has 1 fully saturated rings. The Balaban J connectivity index is 2.47. The number of nitrogens with one attached hydrogen (secondary N) is 1. The Morgan fingerprint density at radius 1 is 1.47 bits per heavy atom. The first-order valence-electron chi connectivity index (χ1n) is 5.27. The number of halogens is 2. The molecule has 0 bridgehead atoms.